The van der Waals surface area contributed by atoms with Crippen molar-refractivity contribution in [3.8, 4) is 0 Å². The molecule has 0 radical (unpaired) electrons. The second-order valence-corrected chi connectivity index (χ2v) is 5.21. The topological polar surface area (TPSA) is 80.9 Å². The molecule has 0 aliphatic carbocycles. The van der Waals surface area contributed by atoms with Gasteiger partial charge in [0, 0.05) is 12.1 Å². The number of carbonyl (C=O) groups excluding carboxylic acids is 1. The number of halogens is 1. The molecule has 0 fully saturated rings. The molecule has 20 heavy (non-hydrogen) atoms. The van der Waals surface area contributed by atoms with E-state index >= 15 is 0 Å². The lowest BCUT2D eigenvalue weighted by Crippen LogP contribution is -2.13. The van der Waals surface area contributed by atoms with Gasteiger partial charge in [-0.15, -0.1) is 22.6 Å². The first-order valence-electron chi connectivity index (χ1n) is 6.19. The number of amides is 1. The molecule has 0 saturated carbocycles. The van der Waals surface area contributed by atoms with Crippen molar-refractivity contribution in [2.45, 2.75) is 26.2 Å². The summed E-state index contributed by atoms with van der Waals surface area (Å²) in [4.78, 5) is 12.0. The molecule has 1 aromatic carbocycles. The van der Waals surface area contributed by atoms with Crippen LogP contribution in [0.2, 0.25) is 0 Å². The third kappa shape index (κ3) is 4.18. The molecule has 2 rings (SSSR count). The van der Waals surface area contributed by atoms with Gasteiger partial charge >= 0.3 is 0 Å². The smallest absolute Gasteiger partial charge is 0.259 e. The van der Waals surface area contributed by atoms with Crippen molar-refractivity contribution in [1.29, 1.82) is 0 Å². The zero-order valence-electron chi connectivity index (χ0n) is 11.1. The monoisotopic (exact) mass is 312 g/mol. The summed E-state index contributed by atoms with van der Waals surface area (Å²) < 4.78 is 0. The molecular formula is C13H17ClN4OS. The second-order valence-electron chi connectivity index (χ2n) is 4.15. The molecule has 0 bridgehead atoms. The summed E-state index contributed by atoms with van der Waals surface area (Å²) in [6, 6.07) is 6.95. The van der Waals surface area contributed by atoms with E-state index in [9.17, 15) is 4.79 Å². The van der Waals surface area contributed by atoms with Crippen molar-refractivity contribution >= 4 is 40.5 Å². The van der Waals surface area contributed by atoms with E-state index in [0.717, 1.165) is 24.3 Å². The molecular weight excluding hydrogens is 296 g/mol. The van der Waals surface area contributed by atoms with Crippen LogP contribution in [0.1, 0.15) is 35.1 Å². The first-order valence-corrected chi connectivity index (χ1v) is 7.00. The number of benzene rings is 1. The van der Waals surface area contributed by atoms with Gasteiger partial charge in [-0.25, -0.2) is 0 Å². The molecule has 1 amide bonds. The summed E-state index contributed by atoms with van der Waals surface area (Å²) in [7, 11) is 0. The van der Waals surface area contributed by atoms with E-state index in [4.69, 9.17) is 5.73 Å². The van der Waals surface area contributed by atoms with Crippen molar-refractivity contribution in [2.24, 2.45) is 0 Å². The van der Waals surface area contributed by atoms with E-state index < -0.39 is 0 Å². The predicted octanol–water partition coefficient (Wildman–Crippen LogP) is 3.14. The first-order chi connectivity index (χ1) is 9.20. The van der Waals surface area contributed by atoms with Crippen LogP contribution in [0.25, 0.3) is 0 Å². The molecule has 0 atom stereocenters. The number of unbranched alkanes of at least 4 members (excludes halogenated alkanes) is 1. The van der Waals surface area contributed by atoms with E-state index in [1.54, 1.807) is 24.3 Å². The number of nitrogen functional groups attached to an aromatic ring is 1. The van der Waals surface area contributed by atoms with Gasteiger partial charge in [0.05, 0.1) is 5.56 Å². The Morgan fingerprint density at radius 1 is 1.35 bits per heavy atom. The van der Waals surface area contributed by atoms with Gasteiger partial charge in [0.15, 0.2) is 0 Å². The molecule has 1 aromatic heterocycles. The highest BCUT2D eigenvalue weighted by atomic mass is 35.5. The van der Waals surface area contributed by atoms with Gasteiger partial charge in [0.1, 0.15) is 5.01 Å². The molecule has 7 heteroatoms. The highest BCUT2D eigenvalue weighted by molar-refractivity contribution is 7.15. The van der Waals surface area contributed by atoms with Crippen LogP contribution in [-0.4, -0.2) is 16.1 Å². The Labute approximate surface area is 128 Å². The lowest BCUT2D eigenvalue weighted by molar-refractivity contribution is 0.102. The summed E-state index contributed by atoms with van der Waals surface area (Å²) in [6.45, 7) is 2.13. The molecule has 3 N–H and O–H groups in total. The normalized spacial score (nSPS) is 9.85. The van der Waals surface area contributed by atoms with Gasteiger partial charge in [0.2, 0.25) is 5.13 Å². The molecule has 0 saturated heterocycles. The Morgan fingerprint density at radius 2 is 2.10 bits per heavy atom. The van der Waals surface area contributed by atoms with Crippen molar-refractivity contribution < 1.29 is 4.79 Å². The van der Waals surface area contributed by atoms with Crippen molar-refractivity contribution in [2.75, 3.05) is 11.1 Å². The van der Waals surface area contributed by atoms with Gasteiger partial charge in [0.25, 0.3) is 5.91 Å². The number of nitrogens with one attached hydrogen (secondary N) is 1. The third-order valence-electron chi connectivity index (χ3n) is 2.64. The minimum absolute atomic E-state index is 0. The van der Waals surface area contributed by atoms with E-state index in [0.29, 0.717) is 16.4 Å². The average molecular weight is 313 g/mol. The van der Waals surface area contributed by atoms with Gasteiger partial charge in [-0.3, -0.25) is 10.1 Å². The number of para-hydroxylation sites is 1. The van der Waals surface area contributed by atoms with E-state index in [-0.39, 0.29) is 18.3 Å². The molecule has 108 valence electrons. The summed E-state index contributed by atoms with van der Waals surface area (Å²) in [6.07, 6.45) is 3.09. The minimum Gasteiger partial charge on any atom is -0.398 e. The number of rotatable bonds is 5. The van der Waals surface area contributed by atoms with Crippen molar-refractivity contribution in [3.05, 3.63) is 34.8 Å². The number of hydrogen-bond donors (Lipinski definition) is 2. The number of nitrogens with two attached hydrogens (primary N) is 1. The fourth-order valence-corrected chi connectivity index (χ4v) is 2.38. The Kier molecular flexibility index (Phi) is 6.41. The Hall–Kier alpha value is -1.66. The molecule has 1 heterocycles. The average Bonchev–Trinajstić information content (AvgIpc) is 2.84. The maximum absolute atomic E-state index is 12.0. The number of carbonyl (C=O) groups is 1. The number of anilines is 2. The van der Waals surface area contributed by atoms with Crippen LogP contribution in [-0.2, 0) is 6.42 Å². The van der Waals surface area contributed by atoms with Gasteiger partial charge in [-0.05, 0) is 18.6 Å². The molecule has 0 spiro atoms. The van der Waals surface area contributed by atoms with E-state index in [1.165, 1.54) is 11.3 Å². The van der Waals surface area contributed by atoms with Crippen LogP contribution in [0.5, 0.6) is 0 Å². The van der Waals surface area contributed by atoms with Gasteiger partial charge in [-0.1, -0.05) is 36.8 Å². The SMILES string of the molecule is CCCCc1nnc(NC(=O)c2ccccc2N)s1.Cl. The minimum atomic E-state index is -0.253. The number of aryl methyl sites for hydroxylation is 1. The van der Waals surface area contributed by atoms with Crippen LogP contribution < -0.4 is 11.1 Å². The fourth-order valence-electron chi connectivity index (χ4n) is 1.60. The first kappa shape index (κ1) is 16.4. The number of hydrogen-bond acceptors (Lipinski definition) is 5. The Balaban J connectivity index is 0.00000200. The second kappa shape index (κ2) is 7.81. The third-order valence-corrected chi connectivity index (χ3v) is 3.54. The number of nitrogens with zero attached hydrogens (tertiary/aromatic N) is 2. The molecule has 5 nitrogen and oxygen atoms in total. The maximum Gasteiger partial charge on any atom is 0.259 e. The lowest BCUT2D eigenvalue weighted by Gasteiger charge is -2.03. The standard InChI is InChI=1S/C13H16N4OS.ClH/c1-2-3-8-11-16-17-13(19-11)15-12(18)9-6-4-5-7-10(9)14;/h4-7H,2-3,8,14H2,1H3,(H,15,17,18);1H. The highest BCUT2D eigenvalue weighted by Gasteiger charge is 2.12. The summed E-state index contributed by atoms with van der Waals surface area (Å²) >= 11 is 1.41. The fraction of sp³-hybridized carbons (Fsp3) is 0.308. The van der Waals surface area contributed by atoms with Gasteiger partial charge in [-0.2, -0.15) is 0 Å². The van der Waals surface area contributed by atoms with Crippen LogP contribution in [0.3, 0.4) is 0 Å². The zero-order chi connectivity index (χ0) is 13.7. The molecule has 0 aliphatic rings. The largest absolute Gasteiger partial charge is 0.398 e. The van der Waals surface area contributed by atoms with Gasteiger partial charge < -0.3 is 5.73 Å². The zero-order valence-corrected chi connectivity index (χ0v) is 12.8. The van der Waals surface area contributed by atoms with Crippen molar-refractivity contribution in [3.63, 3.8) is 0 Å². The Morgan fingerprint density at radius 3 is 2.80 bits per heavy atom. The van der Waals surface area contributed by atoms with Crippen LogP contribution in [0.4, 0.5) is 10.8 Å². The van der Waals surface area contributed by atoms with E-state index in [2.05, 4.69) is 22.4 Å². The molecule has 0 aliphatic heterocycles. The summed E-state index contributed by atoms with van der Waals surface area (Å²) in [5.74, 6) is -0.253. The van der Waals surface area contributed by atoms with E-state index in [1.807, 2.05) is 0 Å². The van der Waals surface area contributed by atoms with Crippen LogP contribution >= 0.6 is 23.7 Å². The number of aromatic nitrogens is 2. The molecule has 2 aromatic rings. The quantitative estimate of drug-likeness (QED) is 0.831. The molecule has 0 unspecified atom stereocenters. The van der Waals surface area contributed by atoms with Crippen LogP contribution in [0.15, 0.2) is 24.3 Å². The summed E-state index contributed by atoms with van der Waals surface area (Å²) in [5.41, 5.74) is 6.66. The highest BCUT2D eigenvalue weighted by Crippen LogP contribution is 2.19. The lowest BCUT2D eigenvalue weighted by atomic mass is 10.2. The Bertz CT molecular complexity index is 573. The summed E-state index contributed by atoms with van der Waals surface area (Å²) in [5, 5.41) is 12.2. The maximum atomic E-state index is 12.0. The predicted molar refractivity (Wildman–Crippen MR) is 84.6 cm³/mol. The van der Waals surface area contributed by atoms with Crippen molar-refractivity contribution in [1.82, 2.24) is 10.2 Å². The van der Waals surface area contributed by atoms with Crippen LogP contribution in [0, 0.1) is 0 Å².